The molecule has 5 nitrogen and oxygen atoms in total. The number of halogens is 1. The lowest BCUT2D eigenvalue weighted by atomic mass is 10.4. The van der Waals surface area contributed by atoms with Gasteiger partial charge in [0.2, 0.25) is 5.91 Å². The molecule has 0 spiro atoms. The number of anilines is 1. The van der Waals surface area contributed by atoms with E-state index in [1.54, 1.807) is 0 Å². The van der Waals surface area contributed by atoms with Gasteiger partial charge >= 0.3 is 0 Å². The lowest BCUT2D eigenvalue weighted by Crippen LogP contribution is -2.30. The monoisotopic (exact) mass is 228 g/mol. The van der Waals surface area contributed by atoms with Crippen molar-refractivity contribution in [2.24, 2.45) is 0 Å². The van der Waals surface area contributed by atoms with Crippen molar-refractivity contribution >= 4 is 23.3 Å². The molecule has 1 aromatic rings. The zero-order valence-corrected chi connectivity index (χ0v) is 9.21. The smallest absolute Gasteiger partial charge is 0.239 e. The van der Waals surface area contributed by atoms with Crippen LogP contribution >= 0.6 is 11.6 Å². The third kappa shape index (κ3) is 4.12. The Morgan fingerprint density at radius 2 is 2.40 bits per heavy atom. The van der Waals surface area contributed by atoms with Gasteiger partial charge in [0.05, 0.1) is 12.7 Å². The van der Waals surface area contributed by atoms with E-state index >= 15 is 0 Å². The van der Waals surface area contributed by atoms with Crippen LogP contribution in [0.15, 0.2) is 12.5 Å². The highest BCUT2D eigenvalue weighted by Gasteiger charge is 2.03. The van der Waals surface area contributed by atoms with Gasteiger partial charge in [-0.15, -0.1) is 0 Å². The Morgan fingerprint density at radius 3 is 3.07 bits per heavy atom. The molecule has 0 fully saturated rings. The minimum absolute atomic E-state index is 0.0773. The van der Waals surface area contributed by atoms with Crippen molar-refractivity contribution in [2.45, 2.75) is 13.3 Å². The van der Waals surface area contributed by atoms with Crippen LogP contribution in [-0.4, -0.2) is 29.0 Å². The molecule has 0 aliphatic rings. The van der Waals surface area contributed by atoms with Crippen molar-refractivity contribution in [2.75, 3.05) is 18.4 Å². The van der Waals surface area contributed by atoms with Crippen LogP contribution < -0.4 is 10.6 Å². The fraction of sp³-hybridized carbons (Fsp3) is 0.444. The second-order valence-corrected chi connectivity index (χ2v) is 3.33. The molecule has 0 aliphatic carbocycles. The van der Waals surface area contributed by atoms with Crippen molar-refractivity contribution in [1.29, 1.82) is 0 Å². The van der Waals surface area contributed by atoms with Gasteiger partial charge in [-0.25, -0.2) is 9.97 Å². The summed E-state index contributed by atoms with van der Waals surface area (Å²) in [5, 5.41) is 5.96. The first-order valence-electron chi connectivity index (χ1n) is 4.70. The number of carbonyl (C=O) groups is 1. The lowest BCUT2D eigenvalue weighted by molar-refractivity contribution is -0.119. The Labute approximate surface area is 93.3 Å². The molecule has 82 valence electrons. The van der Waals surface area contributed by atoms with Crippen LogP contribution in [0, 0.1) is 0 Å². The van der Waals surface area contributed by atoms with Crippen LogP contribution in [0.4, 0.5) is 5.82 Å². The Hall–Kier alpha value is -1.36. The first-order chi connectivity index (χ1) is 7.24. The van der Waals surface area contributed by atoms with Crippen LogP contribution in [0.3, 0.4) is 0 Å². The van der Waals surface area contributed by atoms with E-state index in [0.29, 0.717) is 17.4 Å². The molecule has 15 heavy (non-hydrogen) atoms. The molecular weight excluding hydrogens is 216 g/mol. The zero-order valence-electron chi connectivity index (χ0n) is 8.46. The van der Waals surface area contributed by atoms with Gasteiger partial charge in [0.25, 0.3) is 0 Å². The number of nitrogens with zero attached hydrogens (tertiary/aromatic N) is 2. The molecule has 0 saturated carbocycles. The van der Waals surface area contributed by atoms with Gasteiger partial charge in [0.1, 0.15) is 17.2 Å². The molecule has 1 heterocycles. The van der Waals surface area contributed by atoms with Gasteiger partial charge in [-0.1, -0.05) is 18.5 Å². The molecule has 1 aromatic heterocycles. The number of carbonyl (C=O) groups excluding carboxylic acids is 1. The molecular formula is C9H13ClN4O. The van der Waals surface area contributed by atoms with Crippen molar-refractivity contribution in [3.8, 4) is 0 Å². The fourth-order valence-corrected chi connectivity index (χ4v) is 1.11. The Bertz CT molecular complexity index is 332. The summed E-state index contributed by atoms with van der Waals surface area (Å²) in [7, 11) is 0. The van der Waals surface area contributed by atoms with Gasteiger partial charge in [-0.2, -0.15) is 0 Å². The molecule has 0 bridgehead atoms. The number of hydrogen-bond donors (Lipinski definition) is 2. The number of nitrogens with one attached hydrogen (secondary N) is 2. The number of hydrogen-bond acceptors (Lipinski definition) is 4. The first kappa shape index (κ1) is 11.7. The molecule has 1 rings (SSSR count). The van der Waals surface area contributed by atoms with Gasteiger partial charge < -0.3 is 10.6 Å². The SMILES string of the molecule is CCCNC(=O)CNc1ncncc1Cl. The summed E-state index contributed by atoms with van der Waals surface area (Å²) < 4.78 is 0. The molecule has 6 heteroatoms. The number of rotatable bonds is 5. The van der Waals surface area contributed by atoms with Crippen molar-refractivity contribution in [1.82, 2.24) is 15.3 Å². The van der Waals surface area contributed by atoms with Gasteiger partial charge in [-0.3, -0.25) is 4.79 Å². The van der Waals surface area contributed by atoms with E-state index in [-0.39, 0.29) is 12.5 Å². The lowest BCUT2D eigenvalue weighted by Gasteiger charge is -2.06. The van der Waals surface area contributed by atoms with E-state index in [4.69, 9.17) is 11.6 Å². The van der Waals surface area contributed by atoms with Crippen LogP contribution in [0.5, 0.6) is 0 Å². The predicted molar refractivity (Wildman–Crippen MR) is 58.8 cm³/mol. The number of amides is 1. The van der Waals surface area contributed by atoms with Gasteiger partial charge in [0, 0.05) is 6.54 Å². The molecule has 1 amide bonds. The maximum atomic E-state index is 11.2. The third-order valence-electron chi connectivity index (χ3n) is 1.66. The van der Waals surface area contributed by atoms with Crippen LogP contribution in [-0.2, 0) is 4.79 Å². The highest BCUT2D eigenvalue weighted by atomic mass is 35.5. The maximum absolute atomic E-state index is 11.2. The summed E-state index contributed by atoms with van der Waals surface area (Å²) in [6, 6.07) is 0. The van der Waals surface area contributed by atoms with Gasteiger partial charge in [0.15, 0.2) is 0 Å². The minimum Gasteiger partial charge on any atom is -0.360 e. The summed E-state index contributed by atoms with van der Waals surface area (Å²) in [6.07, 6.45) is 3.76. The van der Waals surface area contributed by atoms with E-state index in [0.717, 1.165) is 6.42 Å². The summed E-state index contributed by atoms with van der Waals surface area (Å²) in [6.45, 7) is 2.84. The predicted octanol–water partition coefficient (Wildman–Crippen LogP) is 1.07. The largest absolute Gasteiger partial charge is 0.360 e. The Balaban J connectivity index is 2.37. The first-order valence-corrected chi connectivity index (χ1v) is 5.08. The summed E-state index contributed by atoms with van der Waals surface area (Å²) in [4.78, 5) is 18.9. The summed E-state index contributed by atoms with van der Waals surface area (Å²) >= 11 is 5.79. The average molecular weight is 229 g/mol. The highest BCUT2D eigenvalue weighted by molar-refractivity contribution is 6.32. The normalized spacial score (nSPS) is 9.73. The Morgan fingerprint density at radius 1 is 1.60 bits per heavy atom. The van der Waals surface area contributed by atoms with E-state index in [2.05, 4.69) is 20.6 Å². The summed E-state index contributed by atoms with van der Waals surface area (Å²) in [5.41, 5.74) is 0. The summed E-state index contributed by atoms with van der Waals surface area (Å²) in [5.74, 6) is 0.393. The van der Waals surface area contributed by atoms with Crippen LogP contribution in [0.25, 0.3) is 0 Å². The average Bonchev–Trinajstić information content (AvgIpc) is 2.25. The van der Waals surface area contributed by atoms with Crippen LogP contribution in [0.1, 0.15) is 13.3 Å². The molecule has 2 N–H and O–H groups in total. The second-order valence-electron chi connectivity index (χ2n) is 2.92. The van der Waals surface area contributed by atoms with Crippen molar-refractivity contribution < 1.29 is 4.79 Å². The quantitative estimate of drug-likeness (QED) is 0.791. The molecule has 0 aliphatic heterocycles. The number of aromatic nitrogens is 2. The highest BCUT2D eigenvalue weighted by Crippen LogP contribution is 2.15. The molecule has 0 atom stereocenters. The molecule has 0 unspecified atom stereocenters. The minimum atomic E-state index is -0.0773. The van der Waals surface area contributed by atoms with Crippen LogP contribution in [0.2, 0.25) is 5.02 Å². The van der Waals surface area contributed by atoms with E-state index in [1.165, 1.54) is 12.5 Å². The molecule has 0 radical (unpaired) electrons. The zero-order chi connectivity index (χ0) is 11.1. The maximum Gasteiger partial charge on any atom is 0.239 e. The molecule has 0 saturated heterocycles. The second kappa shape index (κ2) is 6.19. The van der Waals surface area contributed by atoms with E-state index in [9.17, 15) is 4.79 Å². The topological polar surface area (TPSA) is 66.9 Å². The molecule has 0 aromatic carbocycles. The fourth-order valence-electron chi connectivity index (χ4n) is 0.934. The standard InChI is InChI=1S/C9H13ClN4O/c1-2-3-12-8(15)5-13-9-7(10)4-11-6-14-9/h4,6H,2-3,5H2,1H3,(H,12,15)(H,11,13,14). The third-order valence-corrected chi connectivity index (χ3v) is 1.93. The Kier molecular flexibility index (Phi) is 4.83. The van der Waals surface area contributed by atoms with Crippen molar-refractivity contribution in [3.63, 3.8) is 0 Å². The van der Waals surface area contributed by atoms with Crippen molar-refractivity contribution in [3.05, 3.63) is 17.5 Å². The van der Waals surface area contributed by atoms with Gasteiger partial charge in [-0.05, 0) is 6.42 Å². The van der Waals surface area contributed by atoms with E-state index < -0.39 is 0 Å². The van der Waals surface area contributed by atoms with E-state index in [1.807, 2.05) is 6.92 Å².